The van der Waals surface area contributed by atoms with Crippen LogP contribution in [0.2, 0.25) is 0 Å². The molecule has 0 spiro atoms. The van der Waals surface area contributed by atoms with Gasteiger partial charge in [0, 0.05) is 0 Å². The number of ether oxygens (including phenoxy) is 3. The first-order valence-corrected chi connectivity index (χ1v) is 5.79. The summed E-state index contributed by atoms with van der Waals surface area (Å²) in [5, 5.41) is 19.5. The molecule has 6 heteroatoms. The van der Waals surface area contributed by atoms with E-state index in [9.17, 15) is 15.0 Å². The first-order chi connectivity index (χ1) is 9.04. The number of rotatable bonds is 6. The van der Waals surface area contributed by atoms with Crippen molar-refractivity contribution in [3.63, 3.8) is 0 Å². The molecule has 0 bridgehead atoms. The van der Waals surface area contributed by atoms with Gasteiger partial charge in [-0.25, -0.2) is 4.79 Å². The number of carbonyl (C=O) groups excluding carboxylic acids is 1. The van der Waals surface area contributed by atoms with Crippen molar-refractivity contribution in [1.82, 2.24) is 0 Å². The highest BCUT2D eigenvalue weighted by atomic mass is 16.5. The van der Waals surface area contributed by atoms with Crippen molar-refractivity contribution in [2.45, 2.75) is 19.1 Å². The van der Waals surface area contributed by atoms with Gasteiger partial charge in [-0.3, -0.25) is 0 Å². The average Bonchev–Trinajstić information content (AvgIpc) is 2.45. The molecule has 6 nitrogen and oxygen atoms in total. The van der Waals surface area contributed by atoms with Gasteiger partial charge >= 0.3 is 5.97 Å². The van der Waals surface area contributed by atoms with E-state index < -0.39 is 18.2 Å². The Labute approximate surface area is 111 Å². The van der Waals surface area contributed by atoms with Crippen LogP contribution in [0.5, 0.6) is 11.5 Å². The fourth-order valence-electron chi connectivity index (χ4n) is 1.58. The van der Waals surface area contributed by atoms with E-state index in [-0.39, 0.29) is 0 Å². The molecule has 0 aromatic heterocycles. The van der Waals surface area contributed by atoms with Gasteiger partial charge < -0.3 is 24.4 Å². The number of carbonyl (C=O) groups is 1. The fraction of sp³-hybridized carbons (Fsp3) is 0.462. The Morgan fingerprint density at radius 2 is 1.95 bits per heavy atom. The molecule has 0 heterocycles. The Hall–Kier alpha value is -1.79. The van der Waals surface area contributed by atoms with Crippen LogP contribution in [0.1, 0.15) is 18.6 Å². The Balaban J connectivity index is 3.00. The van der Waals surface area contributed by atoms with Gasteiger partial charge in [-0.15, -0.1) is 0 Å². The molecule has 0 aliphatic rings. The number of methoxy groups -OCH3 is 2. The van der Waals surface area contributed by atoms with Crippen LogP contribution in [-0.2, 0) is 9.53 Å². The van der Waals surface area contributed by atoms with Crippen molar-refractivity contribution in [1.29, 1.82) is 0 Å². The summed E-state index contributed by atoms with van der Waals surface area (Å²) in [7, 11) is 2.63. The minimum absolute atomic E-state index is 0.335. The standard InChI is InChI=1S/C13H18O6/c1-4-19-10-7-8(5-6-9(10)17-2)11(14)12(15)13(16)18-3/h5-7,11-12,14-15H,4H2,1-3H3. The van der Waals surface area contributed by atoms with Crippen LogP contribution in [0, 0.1) is 0 Å². The molecule has 0 saturated carbocycles. The summed E-state index contributed by atoms with van der Waals surface area (Å²) in [4.78, 5) is 11.2. The lowest BCUT2D eigenvalue weighted by molar-refractivity contribution is -0.156. The van der Waals surface area contributed by atoms with Crippen LogP contribution < -0.4 is 9.47 Å². The van der Waals surface area contributed by atoms with Gasteiger partial charge in [0.1, 0.15) is 6.10 Å². The van der Waals surface area contributed by atoms with E-state index in [4.69, 9.17) is 9.47 Å². The van der Waals surface area contributed by atoms with Crippen molar-refractivity contribution in [3.05, 3.63) is 23.8 Å². The van der Waals surface area contributed by atoms with Crippen molar-refractivity contribution >= 4 is 5.97 Å². The normalized spacial score (nSPS) is 13.5. The largest absolute Gasteiger partial charge is 0.493 e. The molecule has 19 heavy (non-hydrogen) atoms. The maximum Gasteiger partial charge on any atom is 0.337 e. The molecule has 0 aliphatic carbocycles. The number of hydrogen-bond donors (Lipinski definition) is 2. The highest BCUT2D eigenvalue weighted by Crippen LogP contribution is 2.31. The maximum absolute atomic E-state index is 11.2. The summed E-state index contributed by atoms with van der Waals surface area (Å²) in [5.41, 5.74) is 0.335. The van der Waals surface area contributed by atoms with Crippen LogP contribution in [0.4, 0.5) is 0 Å². The number of esters is 1. The Morgan fingerprint density at radius 1 is 1.26 bits per heavy atom. The zero-order chi connectivity index (χ0) is 14.4. The van der Waals surface area contributed by atoms with Crippen molar-refractivity contribution in [2.75, 3.05) is 20.8 Å². The van der Waals surface area contributed by atoms with Gasteiger partial charge in [0.25, 0.3) is 0 Å². The summed E-state index contributed by atoms with van der Waals surface area (Å²) in [5.74, 6) is 0.0326. The molecule has 1 aromatic carbocycles. The molecule has 2 atom stereocenters. The molecule has 2 N–H and O–H groups in total. The smallest absolute Gasteiger partial charge is 0.337 e. The molecule has 0 aliphatic heterocycles. The van der Waals surface area contributed by atoms with Crippen molar-refractivity contribution < 1.29 is 29.2 Å². The molecular formula is C13H18O6. The van der Waals surface area contributed by atoms with Gasteiger partial charge in [0.2, 0.25) is 0 Å². The van der Waals surface area contributed by atoms with E-state index in [1.54, 1.807) is 6.07 Å². The van der Waals surface area contributed by atoms with E-state index in [0.29, 0.717) is 23.7 Å². The Kier molecular flexibility index (Phi) is 5.59. The lowest BCUT2D eigenvalue weighted by Gasteiger charge is -2.18. The monoisotopic (exact) mass is 270 g/mol. The third-order valence-corrected chi connectivity index (χ3v) is 2.57. The molecular weight excluding hydrogens is 252 g/mol. The predicted octanol–water partition coefficient (Wildman–Crippen LogP) is 0.661. The summed E-state index contributed by atoms with van der Waals surface area (Å²) >= 11 is 0. The summed E-state index contributed by atoms with van der Waals surface area (Å²) < 4.78 is 14.8. The second-order valence-electron chi connectivity index (χ2n) is 3.76. The van der Waals surface area contributed by atoms with E-state index in [1.807, 2.05) is 6.92 Å². The molecule has 1 aromatic rings. The fourth-order valence-corrected chi connectivity index (χ4v) is 1.58. The maximum atomic E-state index is 11.2. The van der Waals surface area contributed by atoms with Gasteiger partial charge in [0.15, 0.2) is 17.6 Å². The van der Waals surface area contributed by atoms with Crippen LogP contribution in [0.25, 0.3) is 0 Å². The summed E-state index contributed by atoms with van der Waals surface area (Å²) in [6.07, 6.45) is -3.04. The predicted molar refractivity (Wildman–Crippen MR) is 67.1 cm³/mol. The Morgan fingerprint density at radius 3 is 2.47 bits per heavy atom. The highest BCUT2D eigenvalue weighted by molar-refractivity contribution is 5.75. The van der Waals surface area contributed by atoms with Crippen LogP contribution in [-0.4, -0.2) is 43.1 Å². The average molecular weight is 270 g/mol. The van der Waals surface area contributed by atoms with Gasteiger partial charge in [-0.2, -0.15) is 0 Å². The zero-order valence-corrected chi connectivity index (χ0v) is 11.1. The zero-order valence-electron chi connectivity index (χ0n) is 11.1. The van der Waals surface area contributed by atoms with Crippen molar-refractivity contribution in [2.24, 2.45) is 0 Å². The van der Waals surface area contributed by atoms with E-state index >= 15 is 0 Å². The molecule has 0 radical (unpaired) electrons. The third kappa shape index (κ3) is 3.59. The van der Waals surface area contributed by atoms with Gasteiger partial charge in [-0.05, 0) is 24.6 Å². The first kappa shape index (κ1) is 15.3. The topological polar surface area (TPSA) is 85.2 Å². The SMILES string of the molecule is CCOc1cc(C(O)C(O)C(=O)OC)ccc1OC. The second kappa shape index (κ2) is 6.96. The van der Waals surface area contributed by atoms with Gasteiger partial charge in [0.05, 0.1) is 20.8 Å². The highest BCUT2D eigenvalue weighted by Gasteiger charge is 2.27. The Bertz CT molecular complexity index is 431. The number of hydrogen-bond acceptors (Lipinski definition) is 6. The van der Waals surface area contributed by atoms with E-state index in [0.717, 1.165) is 7.11 Å². The molecule has 0 fully saturated rings. The number of aliphatic hydroxyl groups excluding tert-OH is 2. The summed E-state index contributed by atoms with van der Waals surface area (Å²) in [6.45, 7) is 2.24. The second-order valence-corrected chi connectivity index (χ2v) is 3.76. The molecule has 0 amide bonds. The molecule has 2 unspecified atom stereocenters. The minimum atomic E-state index is -1.65. The van der Waals surface area contributed by atoms with E-state index in [1.165, 1.54) is 19.2 Å². The molecule has 106 valence electrons. The van der Waals surface area contributed by atoms with Crippen LogP contribution in [0.15, 0.2) is 18.2 Å². The van der Waals surface area contributed by atoms with Crippen LogP contribution in [0.3, 0.4) is 0 Å². The third-order valence-electron chi connectivity index (χ3n) is 2.57. The lowest BCUT2D eigenvalue weighted by Crippen LogP contribution is -2.29. The molecule has 1 rings (SSSR count). The van der Waals surface area contributed by atoms with E-state index in [2.05, 4.69) is 4.74 Å². The van der Waals surface area contributed by atoms with Crippen molar-refractivity contribution in [3.8, 4) is 11.5 Å². The minimum Gasteiger partial charge on any atom is -0.493 e. The number of benzene rings is 1. The molecule has 0 saturated heterocycles. The van der Waals surface area contributed by atoms with Gasteiger partial charge in [-0.1, -0.05) is 6.07 Å². The lowest BCUT2D eigenvalue weighted by atomic mass is 10.0. The quantitative estimate of drug-likeness (QED) is 0.739. The number of aliphatic hydroxyl groups is 2. The summed E-state index contributed by atoms with van der Waals surface area (Å²) in [6, 6.07) is 4.64. The van der Waals surface area contributed by atoms with Crippen LogP contribution >= 0.6 is 0 Å². The first-order valence-electron chi connectivity index (χ1n) is 5.79.